The number of nitrogens with zero attached hydrogens (tertiary/aromatic N) is 4. The highest BCUT2D eigenvalue weighted by atomic mass is 16.3. The standard InChI is InChI=1S/C22H30N4O/c27-16-20-10-4-5-13-26(20)22-15-21(23-17-24-22)25-12-6-9-19(11-14-25)18-7-2-1-3-8-18/h1-3,7-8,15,17,19-20,27H,4-6,9-14,16H2. The molecule has 2 fully saturated rings. The van der Waals surface area contributed by atoms with Crippen LogP contribution in [0.4, 0.5) is 11.6 Å². The van der Waals surface area contributed by atoms with Crippen molar-refractivity contribution < 1.29 is 5.11 Å². The van der Waals surface area contributed by atoms with Crippen LogP contribution in [-0.4, -0.2) is 47.4 Å². The largest absolute Gasteiger partial charge is 0.394 e. The number of anilines is 2. The summed E-state index contributed by atoms with van der Waals surface area (Å²) in [5.74, 6) is 2.62. The average Bonchev–Trinajstić information content (AvgIpc) is 3.01. The minimum atomic E-state index is 0.188. The monoisotopic (exact) mass is 366 g/mol. The Morgan fingerprint density at radius 2 is 1.74 bits per heavy atom. The maximum Gasteiger partial charge on any atom is 0.134 e. The van der Waals surface area contributed by atoms with Gasteiger partial charge in [0, 0.05) is 25.7 Å². The summed E-state index contributed by atoms with van der Waals surface area (Å²) in [6.07, 6.45) is 8.65. The van der Waals surface area contributed by atoms with Crippen LogP contribution in [0.1, 0.15) is 50.0 Å². The molecule has 3 heterocycles. The lowest BCUT2D eigenvalue weighted by Crippen LogP contribution is -2.42. The van der Waals surface area contributed by atoms with Gasteiger partial charge in [0.25, 0.3) is 0 Å². The minimum Gasteiger partial charge on any atom is -0.394 e. The zero-order valence-electron chi connectivity index (χ0n) is 16.0. The van der Waals surface area contributed by atoms with Gasteiger partial charge in [-0.15, -0.1) is 0 Å². The lowest BCUT2D eigenvalue weighted by atomic mass is 9.92. The van der Waals surface area contributed by atoms with E-state index in [1.54, 1.807) is 6.33 Å². The summed E-state index contributed by atoms with van der Waals surface area (Å²) < 4.78 is 0. The predicted octanol–water partition coefficient (Wildman–Crippen LogP) is 3.60. The molecule has 0 amide bonds. The second kappa shape index (κ2) is 8.70. The molecule has 5 heteroatoms. The molecule has 0 spiro atoms. The highest BCUT2D eigenvalue weighted by Crippen LogP contribution is 2.30. The highest BCUT2D eigenvalue weighted by molar-refractivity contribution is 5.51. The fraction of sp³-hybridized carbons (Fsp3) is 0.545. The van der Waals surface area contributed by atoms with Crippen molar-refractivity contribution in [3.8, 4) is 0 Å². The van der Waals surface area contributed by atoms with Gasteiger partial charge in [0.2, 0.25) is 0 Å². The van der Waals surface area contributed by atoms with Crippen LogP contribution in [0.5, 0.6) is 0 Å². The van der Waals surface area contributed by atoms with Crippen molar-refractivity contribution in [2.45, 2.75) is 50.5 Å². The molecule has 4 rings (SSSR count). The van der Waals surface area contributed by atoms with Crippen molar-refractivity contribution in [2.75, 3.05) is 36.0 Å². The van der Waals surface area contributed by atoms with E-state index in [1.165, 1.54) is 24.8 Å². The van der Waals surface area contributed by atoms with Gasteiger partial charge in [0.15, 0.2) is 0 Å². The second-order valence-corrected chi connectivity index (χ2v) is 7.79. The Morgan fingerprint density at radius 1 is 0.889 bits per heavy atom. The molecule has 2 saturated heterocycles. The lowest BCUT2D eigenvalue weighted by molar-refractivity contribution is 0.239. The summed E-state index contributed by atoms with van der Waals surface area (Å²) in [6.45, 7) is 3.24. The van der Waals surface area contributed by atoms with Crippen LogP contribution in [0.2, 0.25) is 0 Å². The van der Waals surface area contributed by atoms with Gasteiger partial charge < -0.3 is 14.9 Å². The van der Waals surface area contributed by atoms with Crippen molar-refractivity contribution in [2.24, 2.45) is 0 Å². The Kier molecular flexibility index (Phi) is 5.87. The van der Waals surface area contributed by atoms with E-state index in [0.29, 0.717) is 5.92 Å². The van der Waals surface area contributed by atoms with Gasteiger partial charge in [0.1, 0.15) is 18.0 Å². The number of aliphatic hydroxyl groups is 1. The summed E-state index contributed by atoms with van der Waals surface area (Å²) in [5.41, 5.74) is 1.46. The topological polar surface area (TPSA) is 52.5 Å². The van der Waals surface area contributed by atoms with E-state index in [2.05, 4.69) is 56.2 Å². The van der Waals surface area contributed by atoms with E-state index < -0.39 is 0 Å². The predicted molar refractivity (Wildman–Crippen MR) is 109 cm³/mol. The molecule has 2 aliphatic heterocycles. The molecule has 5 nitrogen and oxygen atoms in total. The first-order chi connectivity index (χ1) is 13.3. The first-order valence-corrected chi connectivity index (χ1v) is 10.3. The highest BCUT2D eigenvalue weighted by Gasteiger charge is 2.24. The number of rotatable bonds is 4. The van der Waals surface area contributed by atoms with E-state index >= 15 is 0 Å². The first-order valence-electron chi connectivity index (χ1n) is 10.3. The van der Waals surface area contributed by atoms with E-state index in [9.17, 15) is 5.11 Å². The SMILES string of the molecule is OCC1CCCCN1c1cc(N2CCCC(c3ccccc3)CC2)ncn1. The smallest absolute Gasteiger partial charge is 0.134 e. The molecule has 1 N–H and O–H groups in total. The molecule has 0 bridgehead atoms. The van der Waals surface area contributed by atoms with E-state index in [0.717, 1.165) is 50.5 Å². The molecular weight excluding hydrogens is 336 g/mol. The number of hydrogen-bond acceptors (Lipinski definition) is 5. The van der Waals surface area contributed by atoms with Gasteiger partial charge in [-0.2, -0.15) is 0 Å². The Balaban J connectivity index is 1.47. The van der Waals surface area contributed by atoms with Crippen molar-refractivity contribution in [1.82, 2.24) is 9.97 Å². The molecule has 0 saturated carbocycles. The Labute approximate surface area is 162 Å². The third-order valence-corrected chi connectivity index (χ3v) is 6.09. The zero-order valence-corrected chi connectivity index (χ0v) is 16.0. The Bertz CT molecular complexity index is 723. The van der Waals surface area contributed by atoms with Gasteiger partial charge in [-0.05, 0) is 50.0 Å². The van der Waals surface area contributed by atoms with E-state index in [4.69, 9.17) is 0 Å². The third kappa shape index (κ3) is 4.24. The molecule has 1 aromatic carbocycles. The van der Waals surface area contributed by atoms with Crippen molar-refractivity contribution in [3.05, 3.63) is 48.3 Å². The molecule has 144 valence electrons. The van der Waals surface area contributed by atoms with Gasteiger partial charge in [-0.25, -0.2) is 9.97 Å². The maximum atomic E-state index is 9.72. The number of piperidine rings is 1. The van der Waals surface area contributed by atoms with Gasteiger partial charge in [-0.1, -0.05) is 30.3 Å². The fourth-order valence-corrected chi connectivity index (χ4v) is 4.54. The number of hydrogen-bond donors (Lipinski definition) is 1. The average molecular weight is 367 g/mol. The Hall–Kier alpha value is -2.14. The molecule has 2 unspecified atom stereocenters. The molecule has 27 heavy (non-hydrogen) atoms. The molecular formula is C22H30N4O. The second-order valence-electron chi connectivity index (χ2n) is 7.79. The zero-order chi connectivity index (χ0) is 18.5. The normalized spacial score (nSPS) is 23.9. The van der Waals surface area contributed by atoms with Crippen LogP contribution in [0, 0.1) is 0 Å². The molecule has 2 aromatic rings. The molecule has 2 atom stereocenters. The van der Waals surface area contributed by atoms with Crippen molar-refractivity contribution in [3.63, 3.8) is 0 Å². The summed E-state index contributed by atoms with van der Waals surface area (Å²) in [7, 11) is 0. The molecule has 1 aromatic heterocycles. The third-order valence-electron chi connectivity index (χ3n) is 6.09. The number of aliphatic hydroxyl groups excluding tert-OH is 1. The van der Waals surface area contributed by atoms with Crippen LogP contribution < -0.4 is 9.80 Å². The Morgan fingerprint density at radius 3 is 2.59 bits per heavy atom. The van der Waals surface area contributed by atoms with Gasteiger partial charge in [-0.3, -0.25) is 0 Å². The summed E-state index contributed by atoms with van der Waals surface area (Å²) >= 11 is 0. The van der Waals surface area contributed by atoms with Gasteiger partial charge in [0.05, 0.1) is 12.6 Å². The fourth-order valence-electron chi connectivity index (χ4n) is 4.54. The van der Waals surface area contributed by atoms with Crippen LogP contribution in [-0.2, 0) is 0 Å². The van der Waals surface area contributed by atoms with Crippen LogP contribution in [0.15, 0.2) is 42.7 Å². The van der Waals surface area contributed by atoms with E-state index in [1.807, 2.05) is 0 Å². The number of benzene rings is 1. The molecule has 0 radical (unpaired) electrons. The van der Waals surface area contributed by atoms with Crippen molar-refractivity contribution >= 4 is 11.6 Å². The summed E-state index contributed by atoms with van der Waals surface area (Å²) in [6, 6.07) is 13.2. The van der Waals surface area contributed by atoms with Crippen LogP contribution in [0.3, 0.4) is 0 Å². The van der Waals surface area contributed by atoms with Crippen LogP contribution in [0.25, 0.3) is 0 Å². The minimum absolute atomic E-state index is 0.188. The molecule has 2 aliphatic rings. The van der Waals surface area contributed by atoms with Gasteiger partial charge >= 0.3 is 0 Å². The van der Waals surface area contributed by atoms with Crippen LogP contribution >= 0.6 is 0 Å². The van der Waals surface area contributed by atoms with Crippen molar-refractivity contribution in [1.29, 1.82) is 0 Å². The number of aromatic nitrogens is 2. The summed E-state index contributed by atoms with van der Waals surface area (Å²) in [5, 5.41) is 9.72. The quantitative estimate of drug-likeness (QED) is 0.896. The summed E-state index contributed by atoms with van der Waals surface area (Å²) in [4.78, 5) is 13.8. The maximum absolute atomic E-state index is 9.72. The molecule has 0 aliphatic carbocycles. The first kappa shape index (κ1) is 18.2. The van der Waals surface area contributed by atoms with E-state index in [-0.39, 0.29) is 12.6 Å². The lowest BCUT2D eigenvalue weighted by Gasteiger charge is -2.36.